The van der Waals surface area contributed by atoms with Crippen LogP contribution in [-0.4, -0.2) is 37.1 Å². The van der Waals surface area contributed by atoms with Crippen molar-refractivity contribution in [1.29, 1.82) is 0 Å². The Morgan fingerprint density at radius 3 is 2.18 bits per heavy atom. The summed E-state index contributed by atoms with van der Waals surface area (Å²) < 4.78 is 56.1. The van der Waals surface area contributed by atoms with Crippen LogP contribution in [0.3, 0.4) is 0 Å². The van der Waals surface area contributed by atoms with Gasteiger partial charge in [-0.15, -0.1) is 0 Å². The quantitative estimate of drug-likeness (QED) is 0.455. The van der Waals surface area contributed by atoms with Crippen LogP contribution in [0.4, 0.5) is 8.78 Å². The lowest BCUT2D eigenvalue weighted by molar-refractivity contribution is -0.130. The maximum absolute atomic E-state index is 14.4. The maximum Gasteiger partial charge on any atom is 0.243 e. The number of halogens is 3. The Morgan fingerprint density at radius 1 is 0.909 bits per heavy atom. The summed E-state index contributed by atoms with van der Waals surface area (Å²) in [4.78, 5) is 14.1. The number of hydrogen-bond donors (Lipinski definition) is 0. The topological polar surface area (TPSA) is 57.7 Å². The molecule has 0 heterocycles. The van der Waals surface area contributed by atoms with Crippen molar-refractivity contribution in [2.24, 2.45) is 0 Å². The Hall–Kier alpha value is -2.81. The summed E-state index contributed by atoms with van der Waals surface area (Å²) in [6, 6.07) is 16.1. The lowest BCUT2D eigenvalue weighted by atomic mass is 10.2. The Balaban J connectivity index is 1.91. The first-order valence-electron chi connectivity index (χ1n) is 10.1. The molecular weight excluding hydrogens is 470 g/mol. The minimum absolute atomic E-state index is 0.0369. The summed E-state index contributed by atoms with van der Waals surface area (Å²) in [6.45, 7) is 0.742. The average molecular weight is 493 g/mol. The highest BCUT2D eigenvalue weighted by atomic mass is 35.5. The fourth-order valence-electron chi connectivity index (χ4n) is 3.19. The van der Waals surface area contributed by atoms with Gasteiger partial charge in [-0.05, 0) is 37.3 Å². The van der Waals surface area contributed by atoms with Crippen molar-refractivity contribution >= 4 is 27.5 Å². The summed E-state index contributed by atoms with van der Waals surface area (Å²) in [6.07, 6.45) is 0. The van der Waals surface area contributed by atoms with Gasteiger partial charge in [-0.1, -0.05) is 53.6 Å². The lowest BCUT2D eigenvalue weighted by Gasteiger charge is -2.25. The standard InChI is InChI=1S/C24H23ClF2N2O3S/c1-17-10-12-19(13-11-17)33(31,32)29(15-20-21(25)7-5-9-23(20)27)16-24(30)28(2)14-18-6-3-4-8-22(18)26/h3-13H,14-16H2,1-2H3. The number of hydrogen-bond acceptors (Lipinski definition) is 3. The molecule has 0 aliphatic heterocycles. The van der Waals surface area contributed by atoms with Crippen molar-refractivity contribution in [3.63, 3.8) is 0 Å². The normalized spacial score (nSPS) is 11.6. The smallest absolute Gasteiger partial charge is 0.243 e. The third kappa shape index (κ3) is 5.96. The number of sulfonamides is 1. The molecule has 5 nitrogen and oxygen atoms in total. The van der Waals surface area contributed by atoms with E-state index >= 15 is 0 Å². The Kier molecular flexibility index (Phi) is 7.84. The van der Waals surface area contributed by atoms with Crippen LogP contribution < -0.4 is 0 Å². The van der Waals surface area contributed by atoms with Gasteiger partial charge < -0.3 is 4.90 Å². The molecule has 3 aromatic rings. The molecule has 0 unspecified atom stereocenters. The zero-order valence-electron chi connectivity index (χ0n) is 18.1. The fraction of sp³-hybridized carbons (Fsp3) is 0.208. The second-order valence-corrected chi connectivity index (χ2v) is 9.97. The Labute approximate surface area is 197 Å². The number of amides is 1. The highest BCUT2D eigenvalue weighted by Gasteiger charge is 2.29. The van der Waals surface area contributed by atoms with Crippen molar-refractivity contribution in [3.8, 4) is 0 Å². The van der Waals surface area contributed by atoms with Gasteiger partial charge in [0, 0.05) is 36.3 Å². The molecular formula is C24H23ClF2N2O3S. The van der Waals surface area contributed by atoms with E-state index in [4.69, 9.17) is 11.6 Å². The zero-order chi connectivity index (χ0) is 24.2. The molecule has 0 bridgehead atoms. The predicted molar refractivity (Wildman–Crippen MR) is 123 cm³/mol. The van der Waals surface area contributed by atoms with Gasteiger partial charge in [-0.25, -0.2) is 17.2 Å². The Bertz CT molecular complexity index is 1230. The van der Waals surface area contributed by atoms with Gasteiger partial charge in [0.15, 0.2) is 0 Å². The average Bonchev–Trinajstić information content (AvgIpc) is 2.77. The van der Waals surface area contributed by atoms with Crippen LogP contribution in [0.1, 0.15) is 16.7 Å². The van der Waals surface area contributed by atoms with E-state index in [0.717, 1.165) is 9.87 Å². The van der Waals surface area contributed by atoms with Crippen molar-refractivity contribution in [1.82, 2.24) is 9.21 Å². The summed E-state index contributed by atoms with van der Waals surface area (Å²) in [7, 11) is -2.73. The third-order valence-corrected chi connectivity index (χ3v) is 7.32. The molecule has 0 aliphatic rings. The number of benzene rings is 3. The van der Waals surface area contributed by atoms with E-state index in [1.165, 1.54) is 54.4 Å². The van der Waals surface area contributed by atoms with Gasteiger partial charge in [0.2, 0.25) is 15.9 Å². The van der Waals surface area contributed by atoms with Crippen molar-refractivity contribution in [2.75, 3.05) is 13.6 Å². The summed E-state index contributed by atoms with van der Waals surface area (Å²) in [5.74, 6) is -1.74. The zero-order valence-corrected chi connectivity index (χ0v) is 19.7. The highest BCUT2D eigenvalue weighted by molar-refractivity contribution is 7.89. The molecule has 0 N–H and O–H groups in total. The summed E-state index contributed by atoms with van der Waals surface area (Å²) in [5, 5.41) is 0.0475. The Morgan fingerprint density at radius 2 is 1.55 bits per heavy atom. The van der Waals surface area contributed by atoms with Crippen LogP contribution in [0.25, 0.3) is 0 Å². The minimum Gasteiger partial charge on any atom is -0.340 e. The van der Waals surface area contributed by atoms with Gasteiger partial charge in [0.25, 0.3) is 0 Å². The monoisotopic (exact) mass is 492 g/mol. The first-order valence-corrected chi connectivity index (χ1v) is 11.9. The van der Waals surface area contributed by atoms with Crippen LogP contribution in [0.5, 0.6) is 0 Å². The third-order valence-electron chi connectivity index (χ3n) is 5.16. The summed E-state index contributed by atoms with van der Waals surface area (Å²) >= 11 is 6.12. The van der Waals surface area contributed by atoms with Crippen LogP contribution in [0.2, 0.25) is 5.02 Å². The maximum atomic E-state index is 14.4. The van der Waals surface area contributed by atoms with Crippen molar-refractivity contribution in [2.45, 2.75) is 24.9 Å². The number of carbonyl (C=O) groups excluding carboxylic acids is 1. The number of nitrogens with zero attached hydrogens (tertiary/aromatic N) is 2. The molecule has 0 aromatic heterocycles. The molecule has 0 atom stereocenters. The van der Waals surface area contributed by atoms with Gasteiger partial charge in [0.1, 0.15) is 11.6 Å². The first kappa shape index (κ1) is 24.8. The minimum atomic E-state index is -4.17. The van der Waals surface area contributed by atoms with Crippen LogP contribution in [-0.2, 0) is 27.9 Å². The fourth-order valence-corrected chi connectivity index (χ4v) is 4.77. The molecule has 0 radical (unpaired) electrons. The molecule has 3 aromatic carbocycles. The van der Waals surface area contributed by atoms with Crippen LogP contribution in [0.15, 0.2) is 71.6 Å². The largest absolute Gasteiger partial charge is 0.340 e. The van der Waals surface area contributed by atoms with Gasteiger partial charge in [-0.3, -0.25) is 4.79 Å². The van der Waals surface area contributed by atoms with E-state index in [2.05, 4.69) is 0 Å². The molecule has 1 amide bonds. The molecule has 0 aliphatic carbocycles. The SMILES string of the molecule is Cc1ccc(S(=O)(=O)N(CC(=O)N(C)Cc2ccccc2F)Cc2c(F)cccc2Cl)cc1. The number of rotatable bonds is 8. The molecule has 0 saturated carbocycles. The van der Waals surface area contributed by atoms with Gasteiger partial charge in [0.05, 0.1) is 11.4 Å². The second kappa shape index (κ2) is 10.4. The molecule has 0 fully saturated rings. The number of aryl methyl sites for hydroxylation is 1. The first-order chi connectivity index (χ1) is 15.6. The van der Waals surface area contributed by atoms with Crippen LogP contribution >= 0.6 is 11.6 Å². The van der Waals surface area contributed by atoms with E-state index in [1.54, 1.807) is 24.3 Å². The van der Waals surface area contributed by atoms with Gasteiger partial charge >= 0.3 is 0 Å². The molecule has 0 spiro atoms. The van der Waals surface area contributed by atoms with E-state index in [0.29, 0.717) is 5.56 Å². The number of likely N-dealkylation sites (N-methyl/N-ethyl adjacent to an activating group) is 1. The molecule has 174 valence electrons. The summed E-state index contributed by atoms with van der Waals surface area (Å²) in [5.41, 5.74) is 1.11. The molecule has 3 rings (SSSR count). The second-order valence-electron chi connectivity index (χ2n) is 7.63. The van der Waals surface area contributed by atoms with E-state index in [9.17, 15) is 22.0 Å². The molecule has 0 saturated heterocycles. The number of carbonyl (C=O) groups is 1. The molecule has 9 heteroatoms. The highest BCUT2D eigenvalue weighted by Crippen LogP contribution is 2.25. The van der Waals surface area contributed by atoms with E-state index < -0.39 is 40.7 Å². The van der Waals surface area contributed by atoms with E-state index in [-0.39, 0.29) is 22.0 Å². The molecule has 33 heavy (non-hydrogen) atoms. The van der Waals surface area contributed by atoms with E-state index in [1.807, 2.05) is 6.92 Å². The van der Waals surface area contributed by atoms with Crippen molar-refractivity contribution in [3.05, 3.63) is 100 Å². The van der Waals surface area contributed by atoms with Crippen LogP contribution in [0, 0.1) is 18.6 Å². The lowest BCUT2D eigenvalue weighted by Crippen LogP contribution is -2.41. The van der Waals surface area contributed by atoms with Gasteiger partial charge in [-0.2, -0.15) is 4.31 Å². The van der Waals surface area contributed by atoms with Crippen molar-refractivity contribution < 1.29 is 22.0 Å². The predicted octanol–water partition coefficient (Wildman–Crippen LogP) is 4.78.